The lowest BCUT2D eigenvalue weighted by Gasteiger charge is -1.98. The minimum absolute atomic E-state index is 0.738. The first-order chi connectivity index (χ1) is 8.29. The predicted molar refractivity (Wildman–Crippen MR) is 68.0 cm³/mol. The minimum atomic E-state index is 0.738. The van der Waals surface area contributed by atoms with Gasteiger partial charge in [-0.25, -0.2) is 9.97 Å². The average Bonchev–Trinajstić information content (AvgIpc) is 2.90. The van der Waals surface area contributed by atoms with Crippen LogP contribution in [-0.2, 0) is 13.1 Å². The topological polar surface area (TPSA) is 42.7 Å². The molecule has 0 aliphatic heterocycles. The van der Waals surface area contributed by atoms with Gasteiger partial charge in [-0.1, -0.05) is 0 Å². The van der Waals surface area contributed by atoms with E-state index in [9.17, 15) is 0 Å². The van der Waals surface area contributed by atoms with Crippen LogP contribution in [0, 0.1) is 6.92 Å². The van der Waals surface area contributed by atoms with Gasteiger partial charge in [0.1, 0.15) is 5.01 Å². The molecule has 0 saturated heterocycles. The molecule has 17 heavy (non-hydrogen) atoms. The third-order valence-electron chi connectivity index (χ3n) is 2.82. The fourth-order valence-corrected chi connectivity index (χ4v) is 2.55. The number of nitrogens with one attached hydrogen (secondary N) is 1. The van der Waals surface area contributed by atoms with E-state index in [0.29, 0.717) is 0 Å². The van der Waals surface area contributed by atoms with E-state index in [0.717, 1.165) is 29.8 Å². The lowest BCUT2D eigenvalue weighted by atomic mass is 10.4. The molecule has 5 heteroatoms. The second kappa shape index (κ2) is 4.58. The van der Waals surface area contributed by atoms with Crippen LogP contribution in [0.4, 0.5) is 0 Å². The third kappa shape index (κ3) is 2.92. The first kappa shape index (κ1) is 10.9. The van der Waals surface area contributed by atoms with Gasteiger partial charge in [-0.3, -0.25) is 0 Å². The summed E-state index contributed by atoms with van der Waals surface area (Å²) in [6, 6.07) is 0.738. The van der Waals surface area contributed by atoms with Gasteiger partial charge in [0.15, 0.2) is 0 Å². The zero-order valence-corrected chi connectivity index (χ0v) is 10.7. The zero-order valence-electron chi connectivity index (χ0n) is 9.89. The Labute approximate surface area is 105 Å². The van der Waals surface area contributed by atoms with E-state index in [2.05, 4.69) is 33.0 Å². The molecule has 0 atom stereocenters. The number of aryl methyl sites for hydroxylation is 1. The maximum absolute atomic E-state index is 4.40. The summed E-state index contributed by atoms with van der Waals surface area (Å²) in [5.74, 6) is 0. The molecule has 4 nitrogen and oxygen atoms in total. The van der Waals surface area contributed by atoms with Crippen LogP contribution in [0.15, 0.2) is 18.7 Å². The first-order valence-electron chi connectivity index (χ1n) is 5.95. The van der Waals surface area contributed by atoms with Crippen LogP contribution in [0.3, 0.4) is 0 Å². The Morgan fingerprint density at radius 2 is 2.35 bits per heavy atom. The molecule has 0 aromatic carbocycles. The Balaban J connectivity index is 1.59. The van der Waals surface area contributed by atoms with Crippen molar-refractivity contribution >= 4 is 11.3 Å². The van der Waals surface area contributed by atoms with Crippen molar-refractivity contribution < 1.29 is 0 Å². The molecular weight excluding hydrogens is 232 g/mol. The van der Waals surface area contributed by atoms with E-state index in [1.165, 1.54) is 17.7 Å². The maximum Gasteiger partial charge on any atom is 0.113 e. The Bertz CT molecular complexity index is 498. The largest absolute Gasteiger partial charge is 0.330 e. The third-order valence-corrected chi connectivity index (χ3v) is 3.72. The van der Waals surface area contributed by atoms with E-state index >= 15 is 0 Å². The summed E-state index contributed by atoms with van der Waals surface area (Å²) in [4.78, 5) is 10.0. The fraction of sp³-hybridized carbons (Fsp3) is 0.500. The SMILES string of the molecule is Cc1cnc(Cn2cnc(CNC3CC3)c2)s1. The molecular formula is C12H16N4S. The summed E-state index contributed by atoms with van der Waals surface area (Å²) in [5, 5.41) is 4.61. The summed E-state index contributed by atoms with van der Waals surface area (Å²) in [7, 11) is 0. The van der Waals surface area contributed by atoms with Gasteiger partial charge in [-0.2, -0.15) is 0 Å². The van der Waals surface area contributed by atoms with Crippen molar-refractivity contribution in [3.63, 3.8) is 0 Å². The molecule has 0 radical (unpaired) electrons. The highest BCUT2D eigenvalue weighted by molar-refractivity contribution is 7.11. The lowest BCUT2D eigenvalue weighted by molar-refractivity contribution is 0.676. The Morgan fingerprint density at radius 3 is 3.06 bits per heavy atom. The van der Waals surface area contributed by atoms with Crippen molar-refractivity contribution in [1.29, 1.82) is 0 Å². The minimum Gasteiger partial charge on any atom is -0.330 e. The van der Waals surface area contributed by atoms with E-state index in [4.69, 9.17) is 0 Å². The van der Waals surface area contributed by atoms with E-state index in [-0.39, 0.29) is 0 Å². The van der Waals surface area contributed by atoms with Crippen molar-refractivity contribution in [2.75, 3.05) is 0 Å². The normalized spacial score (nSPS) is 15.4. The lowest BCUT2D eigenvalue weighted by Crippen LogP contribution is -2.15. The summed E-state index contributed by atoms with van der Waals surface area (Å²) in [6.45, 7) is 3.80. The van der Waals surface area contributed by atoms with Crippen molar-refractivity contribution in [2.45, 2.75) is 38.9 Å². The van der Waals surface area contributed by atoms with Crippen LogP contribution in [0.1, 0.15) is 28.4 Å². The second-order valence-corrected chi connectivity index (χ2v) is 5.88. The number of aromatic nitrogens is 3. The molecule has 1 aliphatic carbocycles. The van der Waals surface area contributed by atoms with Gasteiger partial charge < -0.3 is 9.88 Å². The summed E-state index contributed by atoms with van der Waals surface area (Å²) < 4.78 is 2.10. The molecule has 0 bridgehead atoms. The molecule has 2 aromatic rings. The van der Waals surface area contributed by atoms with Crippen LogP contribution >= 0.6 is 11.3 Å². The maximum atomic E-state index is 4.40. The molecule has 1 aliphatic rings. The van der Waals surface area contributed by atoms with Gasteiger partial charge in [-0.05, 0) is 19.8 Å². The highest BCUT2D eigenvalue weighted by Crippen LogP contribution is 2.19. The second-order valence-electron chi connectivity index (χ2n) is 4.56. The van der Waals surface area contributed by atoms with E-state index < -0.39 is 0 Å². The van der Waals surface area contributed by atoms with Gasteiger partial charge in [0, 0.05) is 29.9 Å². The van der Waals surface area contributed by atoms with Crippen molar-refractivity contribution in [2.24, 2.45) is 0 Å². The van der Waals surface area contributed by atoms with Gasteiger partial charge >= 0.3 is 0 Å². The van der Waals surface area contributed by atoms with Gasteiger partial charge in [-0.15, -0.1) is 11.3 Å². The number of thiazole rings is 1. The Kier molecular flexibility index (Phi) is 2.94. The molecule has 90 valence electrons. The average molecular weight is 248 g/mol. The number of hydrogen-bond acceptors (Lipinski definition) is 4. The fourth-order valence-electron chi connectivity index (χ4n) is 1.75. The molecule has 1 N–H and O–H groups in total. The molecule has 1 fully saturated rings. The molecule has 2 heterocycles. The number of rotatable bonds is 5. The quantitative estimate of drug-likeness (QED) is 0.879. The summed E-state index contributed by atoms with van der Waals surface area (Å²) in [5.41, 5.74) is 1.12. The van der Waals surface area contributed by atoms with Crippen molar-refractivity contribution in [3.8, 4) is 0 Å². The number of imidazole rings is 1. The van der Waals surface area contributed by atoms with Crippen LogP contribution in [-0.4, -0.2) is 20.6 Å². The van der Waals surface area contributed by atoms with Crippen molar-refractivity contribution in [1.82, 2.24) is 19.9 Å². The molecule has 0 unspecified atom stereocenters. The molecule has 0 spiro atoms. The Hall–Kier alpha value is -1.20. The van der Waals surface area contributed by atoms with Crippen LogP contribution < -0.4 is 5.32 Å². The van der Waals surface area contributed by atoms with Gasteiger partial charge in [0.2, 0.25) is 0 Å². The predicted octanol–water partition coefficient (Wildman–Crippen LogP) is 1.95. The monoisotopic (exact) mass is 248 g/mol. The molecule has 1 saturated carbocycles. The Morgan fingerprint density at radius 1 is 1.47 bits per heavy atom. The molecule has 3 rings (SSSR count). The van der Waals surface area contributed by atoms with Gasteiger partial charge in [0.25, 0.3) is 0 Å². The highest BCUT2D eigenvalue weighted by atomic mass is 32.1. The smallest absolute Gasteiger partial charge is 0.113 e. The van der Waals surface area contributed by atoms with Crippen molar-refractivity contribution in [3.05, 3.63) is 34.3 Å². The zero-order chi connectivity index (χ0) is 11.7. The number of nitrogens with zero attached hydrogens (tertiary/aromatic N) is 3. The summed E-state index contributed by atoms with van der Waals surface area (Å²) in [6.07, 6.45) is 8.55. The van der Waals surface area contributed by atoms with Crippen LogP contribution in [0.2, 0.25) is 0 Å². The van der Waals surface area contributed by atoms with Gasteiger partial charge in [0.05, 0.1) is 18.6 Å². The van der Waals surface area contributed by atoms with E-state index in [1.807, 2.05) is 12.5 Å². The van der Waals surface area contributed by atoms with Crippen LogP contribution in [0.25, 0.3) is 0 Å². The van der Waals surface area contributed by atoms with E-state index in [1.54, 1.807) is 11.3 Å². The summed E-state index contributed by atoms with van der Waals surface area (Å²) >= 11 is 1.74. The standard InChI is InChI=1S/C12H16N4S/c1-9-4-14-12(17-9)7-16-6-11(15-8-16)5-13-10-2-3-10/h4,6,8,10,13H,2-3,5,7H2,1H3. The first-order valence-corrected chi connectivity index (χ1v) is 6.76. The molecule has 2 aromatic heterocycles. The molecule has 0 amide bonds. The number of hydrogen-bond donors (Lipinski definition) is 1. The highest BCUT2D eigenvalue weighted by Gasteiger charge is 2.20. The van der Waals surface area contributed by atoms with Crippen LogP contribution in [0.5, 0.6) is 0 Å².